The summed E-state index contributed by atoms with van der Waals surface area (Å²) in [4.78, 5) is 24.3. The summed E-state index contributed by atoms with van der Waals surface area (Å²) in [6, 6.07) is 19.5. The van der Waals surface area contributed by atoms with Crippen molar-refractivity contribution in [2.75, 3.05) is 5.75 Å². The predicted octanol–water partition coefficient (Wildman–Crippen LogP) is 2.98. The van der Waals surface area contributed by atoms with Crippen LogP contribution < -0.4 is 11.0 Å². The van der Waals surface area contributed by atoms with Gasteiger partial charge in [-0.25, -0.2) is 9.89 Å². The zero-order valence-electron chi connectivity index (χ0n) is 15.1. The highest BCUT2D eigenvalue weighted by atomic mass is 32.2. The van der Waals surface area contributed by atoms with E-state index in [1.54, 1.807) is 4.57 Å². The van der Waals surface area contributed by atoms with Crippen molar-refractivity contribution in [2.45, 2.75) is 31.1 Å². The van der Waals surface area contributed by atoms with Gasteiger partial charge in [0, 0.05) is 6.54 Å². The molecule has 0 bridgehead atoms. The molecule has 0 saturated carbocycles. The van der Waals surface area contributed by atoms with Gasteiger partial charge in [0.15, 0.2) is 5.16 Å². The first-order valence-electron chi connectivity index (χ1n) is 8.86. The number of carbonyl (C=O) groups excluding carboxylic acids is 1. The van der Waals surface area contributed by atoms with Crippen LogP contribution in [0.1, 0.15) is 30.5 Å². The van der Waals surface area contributed by atoms with Gasteiger partial charge in [-0.3, -0.25) is 9.36 Å². The van der Waals surface area contributed by atoms with Crippen molar-refractivity contribution in [3.63, 3.8) is 0 Å². The monoisotopic (exact) mass is 382 g/mol. The highest BCUT2D eigenvalue weighted by molar-refractivity contribution is 7.99. The van der Waals surface area contributed by atoms with E-state index >= 15 is 0 Å². The molecule has 27 heavy (non-hydrogen) atoms. The molecule has 1 aromatic heterocycles. The highest BCUT2D eigenvalue weighted by Gasteiger charge is 2.17. The molecule has 7 heteroatoms. The van der Waals surface area contributed by atoms with E-state index in [-0.39, 0.29) is 23.4 Å². The van der Waals surface area contributed by atoms with Gasteiger partial charge < -0.3 is 5.32 Å². The quantitative estimate of drug-likeness (QED) is 0.587. The molecule has 0 unspecified atom stereocenters. The lowest BCUT2D eigenvalue weighted by Crippen LogP contribution is -2.30. The molecule has 2 aromatic carbocycles. The van der Waals surface area contributed by atoms with Crippen molar-refractivity contribution in [1.82, 2.24) is 20.1 Å². The number of benzene rings is 2. The summed E-state index contributed by atoms with van der Waals surface area (Å²) in [5.74, 6) is 0.0701. The Bertz CT molecular complexity index is 882. The Labute approximate surface area is 162 Å². The van der Waals surface area contributed by atoms with Crippen LogP contribution in [-0.4, -0.2) is 26.4 Å². The van der Waals surface area contributed by atoms with E-state index in [0.29, 0.717) is 11.7 Å². The fraction of sp³-hybridized carbons (Fsp3) is 0.250. The molecular formula is C20H22N4O2S. The number of nitrogens with zero attached hydrogens (tertiary/aromatic N) is 2. The van der Waals surface area contributed by atoms with Crippen LogP contribution in [0, 0.1) is 0 Å². The van der Waals surface area contributed by atoms with Gasteiger partial charge in [-0.15, -0.1) is 5.10 Å². The standard InChI is InChI=1S/C20H22N4O2S/c1-2-13-24-19(26)22-23-20(24)27-14-17(25)21-18(15-9-5-3-6-10-15)16-11-7-4-8-12-16/h3-12,18H,2,13-14H2,1H3,(H,21,25)(H,22,26). The fourth-order valence-corrected chi connectivity index (χ4v) is 3.60. The number of carbonyl (C=O) groups is 1. The molecule has 0 aliphatic rings. The number of hydrogen-bond acceptors (Lipinski definition) is 4. The molecule has 0 atom stereocenters. The van der Waals surface area contributed by atoms with Crippen LogP contribution in [-0.2, 0) is 11.3 Å². The Morgan fingerprint density at radius 2 is 1.70 bits per heavy atom. The largest absolute Gasteiger partial charge is 0.344 e. The van der Waals surface area contributed by atoms with Crippen molar-refractivity contribution in [2.24, 2.45) is 0 Å². The Hall–Kier alpha value is -2.80. The molecule has 0 fully saturated rings. The number of thioether (sulfide) groups is 1. The number of aromatic amines is 1. The molecule has 1 amide bonds. The maximum atomic E-state index is 12.6. The summed E-state index contributed by atoms with van der Waals surface area (Å²) in [7, 11) is 0. The third-order valence-corrected chi connectivity index (χ3v) is 5.05. The average molecular weight is 382 g/mol. The number of rotatable bonds is 8. The fourth-order valence-electron chi connectivity index (χ4n) is 2.82. The Morgan fingerprint density at radius 1 is 1.11 bits per heavy atom. The van der Waals surface area contributed by atoms with Gasteiger partial charge in [0.05, 0.1) is 11.8 Å². The molecule has 3 aromatic rings. The van der Waals surface area contributed by atoms with Gasteiger partial charge in [-0.1, -0.05) is 79.3 Å². The van der Waals surface area contributed by atoms with Gasteiger partial charge in [-0.05, 0) is 17.5 Å². The Kier molecular flexibility index (Phi) is 6.49. The summed E-state index contributed by atoms with van der Waals surface area (Å²) in [6.45, 7) is 2.57. The third-order valence-electron chi connectivity index (χ3n) is 4.07. The minimum absolute atomic E-state index is 0.115. The SMILES string of the molecule is CCCn1c(SCC(=O)NC(c2ccccc2)c2ccccc2)n[nH]c1=O. The first-order chi connectivity index (χ1) is 13.2. The third kappa shape index (κ3) is 4.89. The molecule has 140 valence electrons. The van der Waals surface area contributed by atoms with Crippen LogP contribution in [0.2, 0.25) is 0 Å². The molecule has 0 radical (unpaired) electrons. The predicted molar refractivity (Wildman–Crippen MR) is 107 cm³/mol. The first kappa shape index (κ1) is 19.0. The number of aromatic nitrogens is 3. The van der Waals surface area contributed by atoms with Gasteiger partial charge in [0.25, 0.3) is 0 Å². The van der Waals surface area contributed by atoms with Crippen molar-refractivity contribution >= 4 is 17.7 Å². The zero-order chi connectivity index (χ0) is 19.1. The number of hydrogen-bond donors (Lipinski definition) is 2. The lowest BCUT2D eigenvalue weighted by molar-refractivity contribution is -0.119. The van der Waals surface area contributed by atoms with Crippen molar-refractivity contribution in [3.8, 4) is 0 Å². The second-order valence-electron chi connectivity index (χ2n) is 6.07. The second-order valence-corrected chi connectivity index (χ2v) is 7.02. The van der Waals surface area contributed by atoms with Crippen LogP contribution >= 0.6 is 11.8 Å². The van der Waals surface area contributed by atoms with E-state index in [1.807, 2.05) is 67.6 Å². The first-order valence-corrected chi connectivity index (χ1v) is 9.85. The normalized spacial score (nSPS) is 10.9. The van der Waals surface area contributed by atoms with E-state index in [4.69, 9.17) is 0 Å². The van der Waals surface area contributed by atoms with Gasteiger partial charge >= 0.3 is 5.69 Å². The summed E-state index contributed by atoms with van der Waals surface area (Å²) in [6.07, 6.45) is 0.823. The molecule has 2 N–H and O–H groups in total. The molecule has 6 nitrogen and oxygen atoms in total. The Balaban J connectivity index is 1.71. The zero-order valence-corrected chi connectivity index (χ0v) is 15.9. The van der Waals surface area contributed by atoms with Crippen molar-refractivity contribution < 1.29 is 4.79 Å². The molecule has 0 saturated heterocycles. The van der Waals surface area contributed by atoms with Crippen LogP contribution in [0.5, 0.6) is 0 Å². The van der Waals surface area contributed by atoms with E-state index in [9.17, 15) is 9.59 Å². The van der Waals surface area contributed by atoms with E-state index < -0.39 is 0 Å². The molecule has 1 heterocycles. The van der Waals surface area contributed by atoms with Crippen LogP contribution in [0.3, 0.4) is 0 Å². The molecule has 0 aliphatic carbocycles. The maximum Gasteiger partial charge on any atom is 0.343 e. The van der Waals surface area contributed by atoms with E-state index in [2.05, 4.69) is 15.5 Å². The van der Waals surface area contributed by atoms with Gasteiger partial charge in [0.2, 0.25) is 5.91 Å². The van der Waals surface area contributed by atoms with E-state index in [0.717, 1.165) is 17.5 Å². The minimum Gasteiger partial charge on any atom is -0.344 e. The summed E-state index contributed by atoms with van der Waals surface area (Å²) >= 11 is 1.26. The van der Waals surface area contributed by atoms with Crippen LogP contribution in [0.4, 0.5) is 0 Å². The minimum atomic E-state index is -0.244. The topological polar surface area (TPSA) is 79.8 Å². The lowest BCUT2D eigenvalue weighted by atomic mass is 9.99. The van der Waals surface area contributed by atoms with Gasteiger partial charge in [0.1, 0.15) is 0 Å². The molecule has 3 rings (SSSR count). The lowest BCUT2D eigenvalue weighted by Gasteiger charge is -2.19. The number of H-pyrrole nitrogens is 1. The summed E-state index contributed by atoms with van der Waals surface area (Å²) in [5.41, 5.74) is 1.79. The Morgan fingerprint density at radius 3 is 2.26 bits per heavy atom. The van der Waals surface area contributed by atoms with Crippen LogP contribution in [0.15, 0.2) is 70.6 Å². The molecular weight excluding hydrogens is 360 g/mol. The number of nitrogens with one attached hydrogen (secondary N) is 2. The average Bonchev–Trinajstić information content (AvgIpc) is 3.06. The molecule has 0 spiro atoms. The van der Waals surface area contributed by atoms with Crippen LogP contribution in [0.25, 0.3) is 0 Å². The highest BCUT2D eigenvalue weighted by Crippen LogP contribution is 2.22. The molecule has 0 aliphatic heterocycles. The van der Waals surface area contributed by atoms with Crippen molar-refractivity contribution in [1.29, 1.82) is 0 Å². The van der Waals surface area contributed by atoms with Crippen molar-refractivity contribution in [3.05, 3.63) is 82.3 Å². The second kappa shape index (κ2) is 9.23. The smallest absolute Gasteiger partial charge is 0.343 e. The maximum absolute atomic E-state index is 12.6. The number of amides is 1. The summed E-state index contributed by atoms with van der Waals surface area (Å²) in [5, 5.41) is 10.1. The summed E-state index contributed by atoms with van der Waals surface area (Å²) < 4.78 is 1.56. The van der Waals surface area contributed by atoms with E-state index in [1.165, 1.54) is 11.8 Å². The van der Waals surface area contributed by atoms with Gasteiger partial charge in [-0.2, -0.15) is 0 Å².